The van der Waals surface area contributed by atoms with E-state index in [0.29, 0.717) is 17.6 Å². The van der Waals surface area contributed by atoms with Gasteiger partial charge in [0.2, 0.25) is 0 Å². The molecule has 0 aliphatic heterocycles. The highest BCUT2D eigenvalue weighted by Crippen LogP contribution is 2.27. The highest BCUT2D eigenvalue weighted by molar-refractivity contribution is 6.30. The van der Waals surface area contributed by atoms with Crippen LogP contribution in [0.3, 0.4) is 0 Å². The number of nitrogens with zero attached hydrogens (tertiary/aromatic N) is 2. The summed E-state index contributed by atoms with van der Waals surface area (Å²) in [4.78, 5) is 0. The molecule has 2 rings (SSSR count). The van der Waals surface area contributed by atoms with Gasteiger partial charge in [0, 0.05) is 17.3 Å². The molecular weight excluding hydrogens is 262 g/mol. The Morgan fingerprint density at radius 1 is 1.37 bits per heavy atom. The van der Waals surface area contributed by atoms with Crippen molar-refractivity contribution in [2.24, 2.45) is 0 Å². The van der Waals surface area contributed by atoms with Gasteiger partial charge in [0.15, 0.2) is 0 Å². The second-order valence-corrected chi connectivity index (χ2v) is 5.02. The lowest BCUT2D eigenvalue weighted by Gasteiger charge is -2.10. The van der Waals surface area contributed by atoms with E-state index in [0.717, 1.165) is 17.1 Å². The Labute approximate surface area is 118 Å². The van der Waals surface area contributed by atoms with E-state index in [2.05, 4.69) is 24.3 Å². The number of anilines is 1. The van der Waals surface area contributed by atoms with E-state index in [-0.39, 0.29) is 0 Å². The number of halogens is 1. The van der Waals surface area contributed by atoms with Gasteiger partial charge in [-0.25, -0.2) is 0 Å². The van der Waals surface area contributed by atoms with Gasteiger partial charge < -0.3 is 10.1 Å². The van der Waals surface area contributed by atoms with E-state index in [1.54, 1.807) is 13.2 Å². The van der Waals surface area contributed by atoms with Crippen LogP contribution in [-0.4, -0.2) is 16.9 Å². The number of hydrogen-bond donors (Lipinski definition) is 1. The minimum Gasteiger partial charge on any atom is -0.495 e. The van der Waals surface area contributed by atoms with E-state index in [1.807, 2.05) is 29.1 Å². The molecule has 1 aromatic heterocycles. The number of benzene rings is 1. The van der Waals surface area contributed by atoms with Crippen LogP contribution in [0.15, 0.2) is 30.5 Å². The van der Waals surface area contributed by atoms with Crippen LogP contribution >= 0.6 is 11.6 Å². The maximum Gasteiger partial charge on any atom is 0.142 e. The summed E-state index contributed by atoms with van der Waals surface area (Å²) in [6, 6.07) is 7.87. The van der Waals surface area contributed by atoms with Crippen molar-refractivity contribution in [3.8, 4) is 5.75 Å². The zero-order valence-electron chi connectivity index (χ0n) is 11.4. The lowest BCUT2D eigenvalue weighted by molar-refractivity contribution is 0.416. The number of rotatable bonds is 5. The van der Waals surface area contributed by atoms with Crippen molar-refractivity contribution in [2.75, 3.05) is 12.4 Å². The fourth-order valence-electron chi connectivity index (χ4n) is 1.76. The molecule has 0 amide bonds. The Balaban J connectivity index is 2.07. The molecule has 102 valence electrons. The first-order valence-corrected chi connectivity index (χ1v) is 6.59. The van der Waals surface area contributed by atoms with Gasteiger partial charge in [0.1, 0.15) is 5.75 Å². The number of nitrogens with one attached hydrogen (secondary N) is 1. The zero-order valence-corrected chi connectivity index (χ0v) is 12.1. The van der Waals surface area contributed by atoms with E-state index < -0.39 is 0 Å². The van der Waals surface area contributed by atoms with E-state index in [4.69, 9.17) is 16.3 Å². The van der Waals surface area contributed by atoms with Gasteiger partial charge in [-0.2, -0.15) is 5.10 Å². The molecule has 0 saturated heterocycles. The highest BCUT2D eigenvalue weighted by Gasteiger charge is 2.05. The first-order chi connectivity index (χ1) is 9.10. The molecule has 0 fully saturated rings. The first-order valence-electron chi connectivity index (χ1n) is 6.21. The number of hydrogen-bond acceptors (Lipinski definition) is 3. The molecule has 0 spiro atoms. The lowest BCUT2D eigenvalue weighted by Crippen LogP contribution is -2.05. The molecule has 1 aromatic carbocycles. The first kappa shape index (κ1) is 13.7. The van der Waals surface area contributed by atoms with Gasteiger partial charge in [-0.05, 0) is 38.1 Å². The topological polar surface area (TPSA) is 39.1 Å². The molecular formula is C14H18ClN3O. The van der Waals surface area contributed by atoms with Crippen LogP contribution in [0.25, 0.3) is 0 Å². The second kappa shape index (κ2) is 5.97. The Morgan fingerprint density at radius 3 is 2.79 bits per heavy atom. The maximum atomic E-state index is 5.99. The van der Waals surface area contributed by atoms with Gasteiger partial charge >= 0.3 is 0 Å². The highest BCUT2D eigenvalue weighted by atomic mass is 35.5. The zero-order chi connectivity index (χ0) is 13.8. The Kier molecular flexibility index (Phi) is 4.32. The van der Waals surface area contributed by atoms with Crippen molar-refractivity contribution in [1.29, 1.82) is 0 Å². The molecule has 4 nitrogen and oxygen atoms in total. The van der Waals surface area contributed by atoms with Crippen LogP contribution in [0.4, 0.5) is 5.69 Å². The summed E-state index contributed by atoms with van der Waals surface area (Å²) in [5.41, 5.74) is 1.85. The Bertz CT molecular complexity index is 551. The van der Waals surface area contributed by atoms with Crippen LogP contribution in [-0.2, 0) is 6.54 Å². The average molecular weight is 280 g/mol. The van der Waals surface area contributed by atoms with Crippen molar-refractivity contribution in [2.45, 2.75) is 26.4 Å². The normalized spacial score (nSPS) is 10.8. The maximum absolute atomic E-state index is 5.99. The summed E-state index contributed by atoms with van der Waals surface area (Å²) in [7, 11) is 1.64. The van der Waals surface area contributed by atoms with Crippen LogP contribution in [0, 0.1) is 0 Å². The molecule has 0 bridgehead atoms. The molecule has 0 aliphatic rings. The van der Waals surface area contributed by atoms with E-state index in [1.165, 1.54) is 0 Å². The van der Waals surface area contributed by atoms with Gasteiger partial charge in [-0.3, -0.25) is 4.68 Å². The van der Waals surface area contributed by atoms with Crippen molar-refractivity contribution in [1.82, 2.24) is 9.78 Å². The van der Waals surface area contributed by atoms with Crippen molar-refractivity contribution in [3.05, 3.63) is 41.2 Å². The van der Waals surface area contributed by atoms with Crippen molar-refractivity contribution in [3.63, 3.8) is 0 Å². The Morgan fingerprint density at radius 2 is 2.16 bits per heavy atom. The molecule has 19 heavy (non-hydrogen) atoms. The molecule has 1 N–H and O–H groups in total. The predicted octanol–water partition coefficient (Wildman–Crippen LogP) is 3.74. The number of methoxy groups -OCH3 is 1. The van der Waals surface area contributed by atoms with Gasteiger partial charge in [-0.1, -0.05) is 11.6 Å². The smallest absolute Gasteiger partial charge is 0.142 e. The summed E-state index contributed by atoms with van der Waals surface area (Å²) < 4.78 is 7.22. The van der Waals surface area contributed by atoms with Gasteiger partial charge in [0.05, 0.1) is 25.0 Å². The summed E-state index contributed by atoms with van der Waals surface area (Å²) in [6.45, 7) is 4.84. The van der Waals surface area contributed by atoms with Crippen LogP contribution in [0.5, 0.6) is 5.75 Å². The summed E-state index contributed by atoms with van der Waals surface area (Å²) in [6.07, 6.45) is 1.98. The fourth-order valence-corrected chi connectivity index (χ4v) is 1.94. The summed E-state index contributed by atoms with van der Waals surface area (Å²) >= 11 is 5.99. The third kappa shape index (κ3) is 3.41. The third-order valence-corrected chi connectivity index (χ3v) is 3.05. The quantitative estimate of drug-likeness (QED) is 0.906. The number of aromatic nitrogens is 2. The van der Waals surface area contributed by atoms with Crippen molar-refractivity contribution < 1.29 is 4.74 Å². The summed E-state index contributed by atoms with van der Waals surface area (Å²) in [5.74, 6) is 0.771. The van der Waals surface area contributed by atoms with E-state index >= 15 is 0 Å². The second-order valence-electron chi connectivity index (χ2n) is 4.58. The molecule has 0 radical (unpaired) electrons. The largest absolute Gasteiger partial charge is 0.495 e. The molecule has 1 heterocycles. The standard InChI is InChI=1S/C14H18ClN3O/c1-10(2)18-7-6-12(17-18)9-16-13-8-11(15)4-5-14(13)19-3/h4-8,10,16H,9H2,1-3H3. The molecule has 0 saturated carbocycles. The molecule has 0 unspecified atom stereocenters. The van der Waals surface area contributed by atoms with Gasteiger partial charge in [0.25, 0.3) is 0 Å². The van der Waals surface area contributed by atoms with Gasteiger partial charge in [-0.15, -0.1) is 0 Å². The molecule has 5 heteroatoms. The van der Waals surface area contributed by atoms with Crippen LogP contribution in [0.2, 0.25) is 5.02 Å². The SMILES string of the molecule is COc1ccc(Cl)cc1NCc1ccn(C(C)C)n1. The Hall–Kier alpha value is -1.68. The molecule has 0 aliphatic carbocycles. The number of ether oxygens (including phenoxy) is 1. The van der Waals surface area contributed by atoms with Crippen LogP contribution < -0.4 is 10.1 Å². The fraction of sp³-hybridized carbons (Fsp3) is 0.357. The minimum absolute atomic E-state index is 0.370. The predicted molar refractivity (Wildman–Crippen MR) is 77.9 cm³/mol. The summed E-state index contributed by atoms with van der Waals surface area (Å²) in [5, 5.41) is 8.45. The molecule has 0 atom stereocenters. The monoisotopic (exact) mass is 279 g/mol. The lowest BCUT2D eigenvalue weighted by atomic mass is 10.3. The minimum atomic E-state index is 0.370. The molecule has 2 aromatic rings. The van der Waals surface area contributed by atoms with Crippen molar-refractivity contribution >= 4 is 17.3 Å². The average Bonchev–Trinajstić information content (AvgIpc) is 2.85. The van der Waals surface area contributed by atoms with Crippen LogP contribution in [0.1, 0.15) is 25.6 Å². The third-order valence-electron chi connectivity index (χ3n) is 2.81. The van der Waals surface area contributed by atoms with E-state index in [9.17, 15) is 0 Å².